The molecule has 0 bridgehead atoms. The SMILES string of the molecule is CCC(NCc1ccc(O)c(OC)c1)c1ncc[nH]1. The normalized spacial score (nSPS) is 12.3. The largest absolute Gasteiger partial charge is 0.504 e. The number of imidazole rings is 1. The van der Waals surface area contributed by atoms with Gasteiger partial charge in [0.2, 0.25) is 0 Å². The number of methoxy groups -OCH3 is 1. The number of H-pyrrole nitrogens is 1. The number of aromatic nitrogens is 2. The lowest BCUT2D eigenvalue weighted by Gasteiger charge is -2.15. The zero-order chi connectivity index (χ0) is 13.7. The molecule has 1 aromatic carbocycles. The Bertz CT molecular complexity index is 511. The Labute approximate surface area is 112 Å². The molecule has 1 unspecified atom stereocenters. The van der Waals surface area contributed by atoms with Crippen LogP contribution in [0.25, 0.3) is 0 Å². The molecule has 1 heterocycles. The van der Waals surface area contributed by atoms with Crippen molar-refractivity contribution in [1.82, 2.24) is 15.3 Å². The number of rotatable bonds is 6. The van der Waals surface area contributed by atoms with E-state index in [-0.39, 0.29) is 11.8 Å². The van der Waals surface area contributed by atoms with Gasteiger partial charge in [0, 0.05) is 18.9 Å². The minimum atomic E-state index is 0.157. The Morgan fingerprint density at radius 2 is 2.32 bits per heavy atom. The molecule has 0 aliphatic carbocycles. The smallest absolute Gasteiger partial charge is 0.160 e. The van der Waals surface area contributed by atoms with Crippen LogP contribution in [0.4, 0.5) is 0 Å². The maximum atomic E-state index is 9.55. The number of hydrogen-bond acceptors (Lipinski definition) is 4. The van der Waals surface area contributed by atoms with Gasteiger partial charge in [0.05, 0.1) is 13.2 Å². The molecule has 1 aromatic heterocycles. The van der Waals surface area contributed by atoms with Crippen molar-refractivity contribution >= 4 is 0 Å². The number of benzene rings is 1. The van der Waals surface area contributed by atoms with Crippen molar-refractivity contribution in [3.8, 4) is 11.5 Å². The Morgan fingerprint density at radius 1 is 1.47 bits per heavy atom. The predicted octanol–water partition coefficient (Wildman–Crippen LogP) is 2.36. The highest BCUT2D eigenvalue weighted by molar-refractivity contribution is 5.41. The second-order valence-corrected chi connectivity index (χ2v) is 4.32. The quantitative estimate of drug-likeness (QED) is 0.746. The maximum absolute atomic E-state index is 9.55. The molecule has 0 saturated heterocycles. The Balaban J connectivity index is 2.01. The van der Waals surface area contributed by atoms with E-state index in [1.54, 1.807) is 19.4 Å². The van der Waals surface area contributed by atoms with Crippen LogP contribution in [-0.4, -0.2) is 22.2 Å². The summed E-state index contributed by atoms with van der Waals surface area (Å²) in [6.07, 6.45) is 4.52. The topological polar surface area (TPSA) is 70.2 Å². The zero-order valence-electron chi connectivity index (χ0n) is 11.2. The van der Waals surface area contributed by atoms with Crippen molar-refractivity contribution < 1.29 is 9.84 Å². The summed E-state index contributed by atoms with van der Waals surface area (Å²) in [4.78, 5) is 7.38. The molecule has 0 fully saturated rings. The van der Waals surface area contributed by atoms with E-state index in [4.69, 9.17) is 4.74 Å². The molecule has 2 rings (SSSR count). The summed E-state index contributed by atoms with van der Waals surface area (Å²) in [7, 11) is 1.55. The number of ether oxygens (including phenoxy) is 1. The molecule has 5 heteroatoms. The van der Waals surface area contributed by atoms with E-state index >= 15 is 0 Å². The molecule has 19 heavy (non-hydrogen) atoms. The van der Waals surface area contributed by atoms with Gasteiger partial charge in [0.1, 0.15) is 5.82 Å². The Kier molecular flexibility index (Phi) is 4.41. The van der Waals surface area contributed by atoms with Crippen LogP contribution < -0.4 is 10.1 Å². The van der Waals surface area contributed by atoms with Crippen molar-refractivity contribution in [1.29, 1.82) is 0 Å². The van der Waals surface area contributed by atoms with Crippen LogP contribution in [0, 0.1) is 0 Å². The summed E-state index contributed by atoms with van der Waals surface area (Å²) in [6, 6.07) is 5.54. The third-order valence-electron chi connectivity index (χ3n) is 3.05. The van der Waals surface area contributed by atoms with E-state index in [9.17, 15) is 5.11 Å². The highest BCUT2D eigenvalue weighted by Crippen LogP contribution is 2.26. The first-order valence-corrected chi connectivity index (χ1v) is 6.33. The van der Waals surface area contributed by atoms with Crippen LogP contribution in [-0.2, 0) is 6.54 Å². The number of aromatic hydroxyl groups is 1. The fourth-order valence-corrected chi connectivity index (χ4v) is 1.98. The first-order chi connectivity index (χ1) is 9.24. The lowest BCUT2D eigenvalue weighted by molar-refractivity contribution is 0.372. The van der Waals surface area contributed by atoms with Gasteiger partial charge in [0.25, 0.3) is 0 Å². The summed E-state index contributed by atoms with van der Waals surface area (Å²) < 4.78 is 5.09. The molecular weight excluding hydrogens is 242 g/mol. The van der Waals surface area contributed by atoms with Gasteiger partial charge in [0.15, 0.2) is 11.5 Å². The highest BCUT2D eigenvalue weighted by atomic mass is 16.5. The first-order valence-electron chi connectivity index (χ1n) is 6.33. The molecule has 3 N–H and O–H groups in total. The molecule has 0 aliphatic rings. The van der Waals surface area contributed by atoms with Crippen molar-refractivity contribution in [2.75, 3.05) is 7.11 Å². The van der Waals surface area contributed by atoms with Gasteiger partial charge in [-0.25, -0.2) is 4.98 Å². The molecule has 0 spiro atoms. The van der Waals surface area contributed by atoms with Crippen LogP contribution in [0.2, 0.25) is 0 Å². The molecular formula is C14H19N3O2. The van der Waals surface area contributed by atoms with E-state index < -0.39 is 0 Å². The summed E-state index contributed by atoms with van der Waals surface area (Å²) >= 11 is 0. The third kappa shape index (κ3) is 3.26. The summed E-state index contributed by atoms with van der Waals surface area (Å²) in [5, 5.41) is 13.0. The third-order valence-corrected chi connectivity index (χ3v) is 3.05. The second kappa shape index (κ2) is 6.24. The highest BCUT2D eigenvalue weighted by Gasteiger charge is 2.11. The van der Waals surface area contributed by atoms with E-state index in [1.807, 2.05) is 18.3 Å². The van der Waals surface area contributed by atoms with Gasteiger partial charge < -0.3 is 20.1 Å². The van der Waals surface area contributed by atoms with Crippen molar-refractivity contribution in [2.24, 2.45) is 0 Å². The average Bonchev–Trinajstić information content (AvgIpc) is 2.95. The minimum absolute atomic E-state index is 0.157. The van der Waals surface area contributed by atoms with Crippen LogP contribution in [0.5, 0.6) is 11.5 Å². The number of phenols is 1. The summed E-state index contributed by atoms with van der Waals surface area (Å²) in [5.74, 6) is 1.59. The minimum Gasteiger partial charge on any atom is -0.504 e. The molecule has 0 radical (unpaired) electrons. The van der Waals surface area contributed by atoms with Gasteiger partial charge in [-0.2, -0.15) is 0 Å². The van der Waals surface area contributed by atoms with Gasteiger partial charge in [-0.3, -0.25) is 0 Å². The number of phenolic OH excluding ortho intramolecular Hbond substituents is 1. The van der Waals surface area contributed by atoms with Gasteiger partial charge in [-0.1, -0.05) is 13.0 Å². The van der Waals surface area contributed by atoms with Crippen molar-refractivity contribution in [3.63, 3.8) is 0 Å². The molecule has 5 nitrogen and oxygen atoms in total. The molecule has 1 atom stereocenters. The number of nitrogens with zero attached hydrogens (tertiary/aromatic N) is 1. The predicted molar refractivity (Wildman–Crippen MR) is 73.1 cm³/mol. The van der Waals surface area contributed by atoms with E-state index in [0.29, 0.717) is 12.3 Å². The molecule has 102 valence electrons. The van der Waals surface area contributed by atoms with Crippen LogP contribution in [0.1, 0.15) is 30.8 Å². The molecule has 0 amide bonds. The number of aromatic amines is 1. The number of hydrogen-bond donors (Lipinski definition) is 3. The molecule has 0 aliphatic heterocycles. The molecule has 2 aromatic rings. The van der Waals surface area contributed by atoms with Crippen LogP contribution >= 0.6 is 0 Å². The summed E-state index contributed by atoms with van der Waals surface area (Å²) in [5.41, 5.74) is 1.06. The van der Waals surface area contributed by atoms with Crippen molar-refractivity contribution in [2.45, 2.75) is 25.9 Å². The van der Waals surface area contributed by atoms with Gasteiger partial charge in [-0.05, 0) is 24.1 Å². The van der Waals surface area contributed by atoms with E-state index in [0.717, 1.165) is 17.8 Å². The van der Waals surface area contributed by atoms with E-state index in [2.05, 4.69) is 22.2 Å². The Morgan fingerprint density at radius 3 is 2.95 bits per heavy atom. The lowest BCUT2D eigenvalue weighted by Crippen LogP contribution is -2.21. The summed E-state index contributed by atoms with van der Waals surface area (Å²) in [6.45, 7) is 2.80. The van der Waals surface area contributed by atoms with Gasteiger partial charge >= 0.3 is 0 Å². The van der Waals surface area contributed by atoms with Crippen LogP contribution in [0.15, 0.2) is 30.6 Å². The van der Waals surface area contributed by atoms with E-state index in [1.165, 1.54) is 0 Å². The monoisotopic (exact) mass is 261 g/mol. The fourth-order valence-electron chi connectivity index (χ4n) is 1.98. The van der Waals surface area contributed by atoms with Crippen molar-refractivity contribution in [3.05, 3.63) is 42.0 Å². The standard InChI is InChI=1S/C14H19N3O2/c1-3-11(14-15-6-7-16-14)17-9-10-4-5-12(18)13(8-10)19-2/h4-8,11,17-18H,3,9H2,1-2H3,(H,15,16). The first kappa shape index (κ1) is 13.4. The molecule has 0 saturated carbocycles. The van der Waals surface area contributed by atoms with Crippen LogP contribution in [0.3, 0.4) is 0 Å². The Hall–Kier alpha value is -2.01. The van der Waals surface area contributed by atoms with Gasteiger partial charge in [-0.15, -0.1) is 0 Å². The maximum Gasteiger partial charge on any atom is 0.160 e. The average molecular weight is 261 g/mol. The zero-order valence-corrected chi connectivity index (χ0v) is 11.2. The lowest BCUT2D eigenvalue weighted by atomic mass is 10.1. The number of nitrogens with one attached hydrogen (secondary N) is 2. The fraction of sp³-hybridized carbons (Fsp3) is 0.357. The second-order valence-electron chi connectivity index (χ2n) is 4.32.